The maximum absolute atomic E-state index is 2.66. The summed E-state index contributed by atoms with van der Waals surface area (Å²) in [5, 5.41) is 15.8. The van der Waals surface area contributed by atoms with Gasteiger partial charge in [-0.3, -0.25) is 0 Å². The van der Waals surface area contributed by atoms with Crippen molar-refractivity contribution in [1.82, 2.24) is 13.4 Å². The van der Waals surface area contributed by atoms with Crippen LogP contribution in [0.1, 0.15) is 79.0 Å². The third-order valence-corrected chi connectivity index (χ3v) is 15.5. The zero-order valence-corrected chi connectivity index (χ0v) is 39.9. The number of benzene rings is 9. The van der Waals surface area contributed by atoms with Crippen molar-refractivity contribution in [3.8, 4) is 16.8 Å². The molecule has 0 bridgehead atoms. The van der Waals surface area contributed by atoms with Gasteiger partial charge >= 0.3 is 0 Å². The van der Waals surface area contributed by atoms with Crippen LogP contribution >= 0.6 is 0 Å². The minimum Gasteiger partial charge on any atom is -0.309 e. The average molecular weight is 864 g/mol. The van der Waals surface area contributed by atoms with Crippen molar-refractivity contribution in [2.24, 2.45) is 0 Å². The van der Waals surface area contributed by atoms with E-state index in [4.69, 9.17) is 0 Å². The molecule has 0 atom stereocenters. The van der Waals surface area contributed by atoms with Crippen LogP contribution in [0.4, 0.5) is 0 Å². The minimum atomic E-state index is -0.0682. The molecule has 0 saturated heterocycles. The second kappa shape index (κ2) is 12.7. The fraction of sp³-hybridized carbons (Fsp3) is 0.188. The van der Waals surface area contributed by atoms with E-state index in [0.29, 0.717) is 0 Å². The van der Waals surface area contributed by atoms with E-state index in [9.17, 15) is 0 Å². The largest absolute Gasteiger partial charge is 0.309 e. The number of para-hydroxylation sites is 2. The lowest BCUT2D eigenvalue weighted by Gasteiger charge is -2.22. The SMILES string of the molecule is CC(C)(C)c1ccc2c(c1)c1cc3ccccc3c3c4c5c6cc(C(C)(C)C)cc7c8cc(C(C)(C)C)cc(-c9ccc%10c(c9)c9ccccc9n%10-c9ccccc9)c8n(c5ccc4n2c13)c76. The van der Waals surface area contributed by atoms with Gasteiger partial charge < -0.3 is 13.4 Å². The molecule has 0 N–H and O–H groups in total. The Kier molecular flexibility index (Phi) is 7.39. The standard InChI is InChI=1S/C64H53N3/c1-62(2,3)38-24-26-53-46(31-38)47-30-36-17-13-14-20-42(36)57-58-55(66(53)61(47)57)28-27-54-56(58)50-35-40(64(7,8)9)34-49-48-33-39(63(4,5)6)32-44(59(48)67(54)60(49)50)37-23-25-52-45(29-37)43-21-15-16-22-51(43)65(52)41-18-11-10-12-19-41/h10-35H,1-9H3. The molecule has 14 rings (SSSR count). The first kappa shape index (κ1) is 38.9. The molecule has 14 aromatic rings. The maximum Gasteiger partial charge on any atom is 0.0627 e. The summed E-state index contributed by atoms with van der Waals surface area (Å²) in [7, 11) is 0. The predicted octanol–water partition coefficient (Wildman–Crippen LogP) is 17.8. The summed E-state index contributed by atoms with van der Waals surface area (Å²) in [6.45, 7) is 21.2. The third-order valence-electron chi connectivity index (χ3n) is 15.5. The van der Waals surface area contributed by atoms with Crippen LogP contribution in [0.5, 0.6) is 0 Å². The Balaban J connectivity index is 1.18. The predicted molar refractivity (Wildman–Crippen MR) is 289 cm³/mol. The molecule has 0 aliphatic rings. The lowest BCUT2D eigenvalue weighted by atomic mass is 9.83. The molecular formula is C64H53N3. The van der Waals surface area contributed by atoms with Gasteiger partial charge in [-0.2, -0.15) is 0 Å². The highest BCUT2D eigenvalue weighted by Crippen LogP contribution is 2.52. The normalized spacial score (nSPS) is 13.4. The molecule has 0 fully saturated rings. The highest BCUT2D eigenvalue weighted by Gasteiger charge is 2.30. The third kappa shape index (κ3) is 5.12. The van der Waals surface area contributed by atoms with Crippen LogP contribution in [0, 0.1) is 0 Å². The van der Waals surface area contributed by atoms with Crippen molar-refractivity contribution in [2.75, 3.05) is 0 Å². The second-order valence-electron chi connectivity index (χ2n) is 22.6. The van der Waals surface area contributed by atoms with Crippen LogP contribution in [0.2, 0.25) is 0 Å². The average Bonchev–Trinajstić information content (AvgIpc) is 4.10. The van der Waals surface area contributed by atoms with Gasteiger partial charge in [0.05, 0.1) is 44.1 Å². The molecule has 324 valence electrons. The summed E-state index contributed by atoms with van der Waals surface area (Å²) in [4.78, 5) is 0. The summed E-state index contributed by atoms with van der Waals surface area (Å²) in [5.41, 5.74) is 17.8. The molecule has 3 heteroatoms. The fourth-order valence-electron chi connectivity index (χ4n) is 12.1. The fourth-order valence-corrected chi connectivity index (χ4v) is 12.1. The molecule has 5 aromatic heterocycles. The van der Waals surface area contributed by atoms with Crippen molar-refractivity contribution in [3.63, 3.8) is 0 Å². The molecular weight excluding hydrogens is 811 g/mol. The Bertz CT molecular complexity index is 4410. The van der Waals surface area contributed by atoms with Crippen molar-refractivity contribution in [1.29, 1.82) is 0 Å². The summed E-state index contributed by atoms with van der Waals surface area (Å²) in [6.07, 6.45) is 0. The molecule has 0 radical (unpaired) electrons. The van der Waals surface area contributed by atoms with Crippen LogP contribution in [-0.4, -0.2) is 13.4 Å². The van der Waals surface area contributed by atoms with E-state index in [2.05, 4.69) is 233 Å². The van der Waals surface area contributed by atoms with Crippen molar-refractivity contribution in [2.45, 2.75) is 78.6 Å². The Hall–Kier alpha value is -7.36. The van der Waals surface area contributed by atoms with Crippen LogP contribution in [0.15, 0.2) is 158 Å². The summed E-state index contributed by atoms with van der Waals surface area (Å²) < 4.78 is 7.67. The molecule has 0 spiro atoms. The van der Waals surface area contributed by atoms with Gasteiger partial charge in [0.1, 0.15) is 0 Å². The number of nitrogens with zero attached hydrogens (tertiary/aromatic N) is 3. The smallest absolute Gasteiger partial charge is 0.0627 e. The van der Waals surface area contributed by atoms with E-state index < -0.39 is 0 Å². The van der Waals surface area contributed by atoms with Gasteiger partial charge in [0.15, 0.2) is 0 Å². The molecule has 0 amide bonds. The van der Waals surface area contributed by atoms with Gasteiger partial charge in [-0.1, -0.05) is 135 Å². The van der Waals surface area contributed by atoms with Gasteiger partial charge in [0, 0.05) is 65.1 Å². The number of hydrogen-bond acceptors (Lipinski definition) is 0. The van der Waals surface area contributed by atoms with E-state index in [1.807, 2.05) is 0 Å². The van der Waals surface area contributed by atoms with Crippen LogP contribution in [-0.2, 0) is 16.2 Å². The Morgan fingerprint density at radius 2 is 0.866 bits per heavy atom. The molecule has 0 aliphatic heterocycles. The van der Waals surface area contributed by atoms with Gasteiger partial charge in [-0.25, -0.2) is 0 Å². The first-order valence-electron chi connectivity index (χ1n) is 24.1. The van der Waals surface area contributed by atoms with Gasteiger partial charge in [-0.15, -0.1) is 0 Å². The molecule has 0 aliphatic carbocycles. The van der Waals surface area contributed by atoms with Crippen molar-refractivity contribution in [3.05, 3.63) is 174 Å². The van der Waals surface area contributed by atoms with Gasteiger partial charge in [0.2, 0.25) is 0 Å². The van der Waals surface area contributed by atoms with Gasteiger partial charge in [0.25, 0.3) is 0 Å². The quantitative estimate of drug-likeness (QED) is 0.164. The summed E-state index contributed by atoms with van der Waals surface area (Å²) in [6, 6.07) is 60.6. The first-order valence-corrected chi connectivity index (χ1v) is 24.1. The highest BCUT2D eigenvalue weighted by molar-refractivity contribution is 6.40. The zero-order valence-electron chi connectivity index (χ0n) is 39.9. The molecule has 9 aromatic carbocycles. The molecule has 0 unspecified atom stereocenters. The zero-order chi connectivity index (χ0) is 45.6. The Morgan fingerprint density at radius 3 is 1.61 bits per heavy atom. The lowest BCUT2D eigenvalue weighted by molar-refractivity contribution is 0.591. The van der Waals surface area contributed by atoms with E-state index in [-0.39, 0.29) is 16.2 Å². The van der Waals surface area contributed by atoms with Crippen molar-refractivity contribution >= 4 is 109 Å². The summed E-state index contributed by atoms with van der Waals surface area (Å²) >= 11 is 0. The first-order chi connectivity index (χ1) is 32.1. The minimum absolute atomic E-state index is 0.0458. The number of hydrogen-bond donors (Lipinski definition) is 0. The number of rotatable bonds is 2. The maximum atomic E-state index is 2.66. The Morgan fingerprint density at radius 1 is 0.313 bits per heavy atom. The summed E-state index contributed by atoms with van der Waals surface area (Å²) in [5.74, 6) is 0. The van der Waals surface area contributed by atoms with Crippen LogP contribution in [0.3, 0.4) is 0 Å². The lowest BCUT2D eigenvalue weighted by Crippen LogP contribution is -2.11. The number of aromatic nitrogens is 3. The molecule has 0 saturated carbocycles. The van der Waals surface area contributed by atoms with E-state index in [0.717, 1.165) is 0 Å². The second-order valence-corrected chi connectivity index (χ2v) is 22.6. The Labute approximate surface area is 390 Å². The van der Waals surface area contributed by atoms with E-state index in [1.54, 1.807) is 0 Å². The monoisotopic (exact) mass is 863 g/mol. The van der Waals surface area contributed by atoms with Gasteiger partial charge in [-0.05, 0) is 134 Å². The molecule has 3 nitrogen and oxygen atoms in total. The highest BCUT2D eigenvalue weighted by atomic mass is 15.0. The topological polar surface area (TPSA) is 13.8 Å². The molecule has 5 heterocycles. The van der Waals surface area contributed by atoms with E-state index >= 15 is 0 Å². The van der Waals surface area contributed by atoms with Crippen LogP contribution in [0.25, 0.3) is 126 Å². The van der Waals surface area contributed by atoms with Crippen molar-refractivity contribution < 1.29 is 0 Å². The molecule has 67 heavy (non-hydrogen) atoms. The van der Waals surface area contributed by atoms with E-state index in [1.165, 1.54) is 142 Å². The number of fused-ring (bicyclic) bond motifs is 18. The van der Waals surface area contributed by atoms with Crippen LogP contribution < -0.4 is 0 Å².